The predicted molar refractivity (Wildman–Crippen MR) is 106 cm³/mol. The molecule has 1 amide bonds. The van der Waals surface area contributed by atoms with Crippen LogP contribution in [0.4, 0.5) is 24.5 Å². The van der Waals surface area contributed by atoms with Gasteiger partial charge < -0.3 is 5.32 Å². The van der Waals surface area contributed by atoms with Crippen LogP contribution in [0.3, 0.4) is 0 Å². The Morgan fingerprint density at radius 3 is 2.33 bits per heavy atom. The summed E-state index contributed by atoms with van der Waals surface area (Å²) in [4.78, 5) is 16.3. The summed E-state index contributed by atoms with van der Waals surface area (Å²) >= 11 is 0. The summed E-state index contributed by atoms with van der Waals surface area (Å²) < 4.78 is 65.7. The number of carbonyl (C=O) groups is 1. The minimum atomic E-state index is -4.55. The zero-order valence-electron chi connectivity index (χ0n) is 15.6. The van der Waals surface area contributed by atoms with E-state index in [4.69, 9.17) is 0 Å². The number of aryl methyl sites for hydroxylation is 1. The first-order valence-electron chi connectivity index (χ1n) is 8.58. The van der Waals surface area contributed by atoms with Gasteiger partial charge in [-0.15, -0.1) is 0 Å². The van der Waals surface area contributed by atoms with E-state index in [0.29, 0.717) is 0 Å². The van der Waals surface area contributed by atoms with E-state index < -0.39 is 27.7 Å². The molecule has 30 heavy (non-hydrogen) atoms. The van der Waals surface area contributed by atoms with Crippen LogP contribution in [0.5, 0.6) is 0 Å². The fourth-order valence-corrected chi connectivity index (χ4v) is 3.56. The van der Waals surface area contributed by atoms with Crippen molar-refractivity contribution in [3.05, 3.63) is 83.7 Å². The maximum absolute atomic E-state index is 12.8. The van der Waals surface area contributed by atoms with Crippen molar-refractivity contribution in [3.63, 3.8) is 0 Å². The van der Waals surface area contributed by atoms with Gasteiger partial charge in [0.1, 0.15) is 0 Å². The molecule has 1 heterocycles. The maximum atomic E-state index is 12.8. The maximum Gasteiger partial charge on any atom is 0.416 e. The molecule has 0 saturated heterocycles. The van der Waals surface area contributed by atoms with Gasteiger partial charge in [-0.3, -0.25) is 14.5 Å². The second kappa shape index (κ2) is 8.15. The Morgan fingerprint density at radius 1 is 0.967 bits per heavy atom. The van der Waals surface area contributed by atoms with Gasteiger partial charge in [0.05, 0.1) is 27.9 Å². The third kappa shape index (κ3) is 5.15. The number of nitrogens with one attached hydrogen (secondary N) is 2. The van der Waals surface area contributed by atoms with E-state index in [1.807, 2.05) is 6.92 Å². The number of amides is 1. The first-order valence-corrected chi connectivity index (χ1v) is 10.1. The molecule has 156 valence electrons. The Kier molecular flexibility index (Phi) is 5.79. The Balaban J connectivity index is 1.78. The molecule has 2 aromatic carbocycles. The van der Waals surface area contributed by atoms with Gasteiger partial charge in [-0.2, -0.15) is 13.2 Å². The van der Waals surface area contributed by atoms with Crippen LogP contribution in [0.2, 0.25) is 0 Å². The predicted octanol–water partition coefficient (Wildman–Crippen LogP) is 4.46. The Morgan fingerprint density at radius 2 is 1.67 bits per heavy atom. The van der Waals surface area contributed by atoms with Gasteiger partial charge in [-0.25, -0.2) is 8.42 Å². The second-order valence-corrected chi connectivity index (χ2v) is 8.10. The third-order valence-corrected chi connectivity index (χ3v) is 5.43. The summed E-state index contributed by atoms with van der Waals surface area (Å²) in [5, 5.41) is 2.34. The van der Waals surface area contributed by atoms with Crippen LogP contribution in [0.15, 0.2) is 71.9 Å². The molecule has 0 radical (unpaired) electrons. The number of anilines is 2. The van der Waals surface area contributed by atoms with Crippen LogP contribution >= 0.6 is 0 Å². The van der Waals surface area contributed by atoms with E-state index in [9.17, 15) is 26.4 Å². The first-order chi connectivity index (χ1) is 14.0. The summed E-state index contributed by atoms with van der Waals surface area (Å²) in [6, 6.07) is 11.6. The summed E-state index contributed by atoms with van der Waals surface area (Å²) in [5.74, 6) is -0.738. The monoisotopic (exact) mass is 435 g/mol. The largest absolute Gasteiger partial charge is 0.416 e. The molecule has 2 N–H and O–H groups in total. The van der Waals surface area contributed by atoms with E-state index in [2.05, 4.69) is 15.0 Å². The van der Waals surface area contributed by atoms with Gasteiger partial charge in [0, 0.05) is 11.9 Å². The fraction of sp³-hybridized carbons (Fsp3) is 0.100. The summed E-state index contributed by atoms with van der Waals surface area (Å²) in [6.07, 6.45) is -2.16. The summed E-state index contributed by atoms with van der Waals surface area (Å²) in [5.41, 5.74) is -0.0637. The van der Waals surface area contributed by atoms with E-state index in [-0.39, 0.29) is 21.8 Å². The molecule has 3 aromatic rings. The van der Waals surface area contributed by atoms with Crippen molar-refractivity contribution in [1.82, 2.24) is 4.98 Å². The lowest BCUT2D eigenvalue weighted by Crippen LogP contribution is -2.16. The molecule has 0 fully saturated rings. The lowest BCUT2D eigenvalue weighted by atomic mass is 10.2. The zero-order chi connectivity index (χ0) is 21.9. The fourth-order valence-electron chi connectivity index (χ4n) is 2.53. The molecule has 10 heteroatoms. The molecule has 0 atom stereocenters. The molecule has 0 spiro atoms. The lowest BCUT2D eigenvalue weighted by Gasteiger charge is -2.11. The molecule has 3 rings (SSSR count). The molecule has 1 aromatic heterocycles. The standard InChI is InChI=1S/C20H16F3N3O3S/c1-13-5-7-18(8-6-13)30(28,29)26-17-9-14(11-24-12-17)19(27)25-16-4-2-3-15(10-16)20(21,22)23/h2-12,26H,1H3,(H,25,27). The second-order valence-electron chi connectivity index (χ2n) is 6.41. The number of halogens is 3. The topological polar surface area (TPSA) is 88.2 Å². The van der Waals surface area contributed by atoms with Crippen molar-refractivity contribution in [3.8, 4) is 0 Å². The van der Waals surface area contributed by atoms with Crippen LogP contribution in [-0.2, 0) is 16.2 Å². The van der Waals surface area contributed by atoms with Crippen molar-refractivity contribution < 1.29 is 26.4 Å². The molecule has 0 aliphatic carbocycles. The summed E-state index contributed by atoms with van der Waals surface area (Å²) in [7, 11) is -3.90. The van der Waals surface area contributed by atoms with Crippen LogP contribution in [0.1, 0.15) is 21.5 Å². The number of aromatic nitrogens is 1. The van der Waals surface area contributed by atoms with Gasteiger partial charge in [0.15, 0.2) is 0 Å². The Labute approximate surface area is 170 Å². The third-order valence-electron chi connectivity index (χ3n) is 4.03. The number of benzene rings is 2. The van der Waals surface area contributed by atoms with Crippen LogP contribution in [0, 0.1) is 6.92 Å². The van der Waals surface area contributed by atoms with Crippen molar-refractivity contribution in [1.29, 1.82) is 0 Å². The molecular weight excluding hydrogens is 419 g/mol. The normalized spacial score (nSPS) is 11.7. The minimum absolute atomic E-state index is 0.0310. The lowest BCUT2D eigenvalue weighted by molar-refractivity contribution is -0.137. The SMILES string of the molecule is Cc1ccc(S(=O)(=O)Nc2cncc(C(=O)Nc3cccc(C(F)(F)F)c3)c2)cc1. The van der Waals surface area contributed by atoms with Gasteiger partial charge >= 0.3 is 6.18 Å². The van der Waals surface area contributed by atoms with E-state index in [0.717, 1.165) is 17.7 Å². The number of nitrogens with zero attached hydrogens (tertiary/aromatic N) is 1. The van der Waals surface area contributed by atoms with Gasteiger partial charge in [-0.05, 0) is 43.3 Å². The average Bonchev–Trinajstić information content (AvgIpc) is 2.68. The number of hydrogen-bond acceptors (Lipinski definition) is 4. The van der Waals surface area contributed by atoms with Crippen LogP contribution in [0.25, 0.3) is 0 Å². The molecule has 6 nitrogen and oxygen atoms in total. The Hall–Kier alpha value is -3.40. The first kappa shape index (κ1) is 21.3. The van der Waals surface area contributed by atoms with E-state index in [1.54, 1.807) is 12.1 Å². The minimum Gasteiger partial charge on any atom is -0.322 e. The highest BCUT2D eigenvalue weighted by atomic mass is 32.2. The van der Waals surface area contributed by atoms with Crippen molar-refractivity contribution in [2.75, 3.05) is 10.0 Å². The van der Waals surface area contributed by atoms with Crippen LogP contribution < -0.4 is 10.0 Å². The van der Waals surface area contributed by atoms with Crippen molar-refractivity contribution in [2.45, 2.75) is 18.0 Å². The number of rotatable bonds is 5. The Bertz CT molecular complexity index is 1180. The number of sulfonamides is 1. The zero-order valence-corrected chi connectivity index (χ0v) is 16.4. The molecule has 0 saturated carbocycles. The van der Waals surface area contributed by atoms with Crippen molar-refractivity contribution >= 4 is 27.3 Å². The molecule has 0 aliphatic heterocycles. The molecule has 0 bridgehead atoms. The van der Waals surface area contributed by atoms with Gasteiger partial charge in [-0.1, -0.05) is 23.8 Å². The van der Waals surface area contributed by atoms with E-state index in [1.165, 1.54) is 42.7 Å². The quantitative estimate of drug-likeness (QED) is 0.619. The number of pyridine rings is 1. The number of hydrogen-bond donors (Lipinski definition) is 2. The average molecular weight is 435 g/mol. The van der Waals surface area contributed by atoms with Gasteiger partial charge in [0.2, 0.25) is 0 Å². The smallest absolute Gasteiger partial charge is 0.322 e. The van der Waals surface area contributed by atoms with Crippen molar-refractivity contribution in [2.24, 2.45) is 0 Å². The highest BCUT2D eigenvalue weighted by Crippen LogP contribution is 2.30. The number of carbonyl (C=O) groups excluding carboxylic acids is 1. The van der Waals surface area contributed by atoms with E-state index >= 15 is 0 Å². The highest BCUT2D eigenvalue weighted by Gasteiger charge is 2.30. The number of alkyl halides is 3. The molecule has 0 aliphatic rings. The highest BCUT2D eigenvalue weighted by molar-refractivity contribution is 7.92. The van der Waals surface area contributed by atoms with Gasteiger partial charge in [0.25, 0.3) is 15.9 Å². The van der Waals surface area contributed by atoms with Crippen LogP contribution in [-0.4, -0.2) is 19.3 Å². The molecule has 0 unspecified atom stereocenters. The summed E-state index contributed by atoms with van der Waals surface area (Å²) in [6.45, 7) is 1.82. The molecular formula is C20H16F3N3O3S.